The number of hydrogen-bond acceptors (Lipinski definition) is 3. The normalized spacial score (nSPS) is 19.9. The second-order valence-corrected chi connectivity index (χ2v) is 5.30. The SMILES string of the molecule is CC(CCNN1CCN(C)CC1)c1ccccc1. The molecule has 1 N–H and O–H groups in total. The third-order valence-corrected chi connectivity index (χ3v) is 3.78. The third kappa shape index (κ3) is 4.09. The lowest BCUT2D eigenvalue weighted by Crippen LogP contribution is -2.51. The molecule has 1 unspecified atom stereocenters. The first-order valence-electron chi connectivity index (χ1n) is 6.97. The van der Waals surface area contributed by atoms with Gasteiger partial charge in [-0.25, -0.2) is 5.01 Å². The molecule has 0 aromatic heterocycles. The highest BCUT2D eigenvalue weighted by molar-refractivity contribution is 5.18. The van der Waals surface area contributed by atoms with Crippen molar-refractivity contribution in [1.82, 2.24) is 15.3 Å². The van der Waals surface area contributed by atoms with Gasteiger partial charge in [0.15, 0.2) is 0 Å². The van der Waals surface area contributed by atoms with E-state index in [2.05, 4.69) is 59.6 Å². The van der Waals surface area contributed by atoms with E-state index in [0.717, 1.165) is 19.6 Å². The van der Waals surface area contributed by atoms with Gasteiger partial charge in [-0.15, -0.1) is 0 Å². The van der Waals surface area contributed by atoms with Crippen LogP contribution in [0.5, 0.6) is 0 Å². The summed E-state index contributed by atoms with van der Waals surface area (Å²) in [5.74, 6) is 0.631. The lowest BCUT2D eigenvalue weighted by Gasteiger charge is -2.32. The number of likely N-dealkylation sites (N-methyl/N-ethyl adjacent to an activating group) is 1. The van der Waals surface area contributed by atoms with E-state index in [4.69, 9.17) is 0 Å². The Morgan fingerprint density at radius 1 is 1.11 bits per heavy atom. The van der Waals surface area contributed by atoms with Crippen molar-refractivity contribution < 1.29 is 0 Å². The zero-order valence-corrected chi connectivity index (χ0v) is 11.6. The Balaban J connectivity index is 1.66. The van der Waals surface area contributed by atoms with Crippen LogP contribution in [0.1, 0.15) is 24.8 Å². The molecule has 1 aliphatic heterocycles. The minimum absolute atomic E-state index is 0.631. The fourth-order valence-corrected chi connectivity index (χ4v) is 2.35. The number of piperazine rings is 1. The number of nitrogens with zero attached hydrogens (tertiary/aromatic N) is 2. The van der Waals surface area contributed by atoms with E-state index in [1.807, 2.05) is 0 Å². The molecule has 1 heterocycles. The Morgan fingerprint density at radius 2 is 1.78 bits per heavy atom. The number of hydrazine groups is 1. The summed E-state index contributed by atoms with van der Waals surface area (Å²) in [7, 11) is 2.19. The predicted octanol–water partition coefficient (Wildman–Crippen LogP) is 1.93. The molecule has 1 aromatic rings. The molecule has 1 atom stereocenters. The molecule has 3 nitrogen and oxygen atoms in total. The fraction of sp³-hybridized carbons (Fsp3) is 0.600. The lowest BCUT2D eigenvalue weighted by atomic mass is 9.98. The number of benzene rings is 1. The molecular formula is C15H25N3. The molecule has 3 heteroatoms. The lowest BCUT2D eigenvalue weighted by molar-refractivity contribution is 0.104. The minimum atomic E-state index is 0.631. The zero-order chi connectivity index (χ0) is 12.8. The van der Waals surface area contributed by atoms with Crippen molar-refractivity contribution in [2.75, 3.05) is 39.8 Å². The van der Waals surface area contributed by atoms with Crippen molar-refractivity contribution in [1.29, 1.82) is 0 Å². The zero-order valence-electron chi connectivity index (χ0n) is 11.6. The molecule has 1 aromatic carbocycles. The van der Waals surface area contributed by atoms with Crippen molar-refractivity contribution in [3.8, 4) is 0 Å². The molecule has 2 rings (SSSR count). The molecule has 0 spiro atoms. The van der Waals surface area contributed by atoms with E-state index in [0.29, 0.717) is 5.92 Å². The first-order chi connectivity index (χ1) is 8.75. The number of rotatable bonds is 5. The summed E-state index contributed by atoms with van der Waals surface area (Å²) in [6, 6.07) is 10.8. The quantitative estimate of drug-likeness (QED) is 0.858. The summed E-state index contributed by atoms with van der Waals surface area (Å²) < 4.78 is 0. The van der Waals surface area contributed by atoms with E-state index >= 15 is 0 Å². The van der Waals surface area contributed by atoms with Gasteiger partial charge in [-0.1, -0.05) is 37.3 Å². The van der Waals surface area contributed by atoms with Crippen LogP contribution in [0.15, 0.2) is 30.3 Å². The van der Waals surface area contributed by atoms with Gasteiger partial charge in [0.05, 0.1) is 0 Å². The summed E-state index contributed by atoms with van der Waals surface area (Å²) in [5.41, 5.74) is 4.99. The van der Waals surface area contributed by atoms with Crippen LogP contribution in [0.2, 0.25) is 0 Å². The number of hydrogen-bond donors (Lipinski definition) is 1. The summed E-state index contributed by atoms with van der Waals surface area (Å²) in [4.78, 5) is 2.38. The summed E-state index contributed by atoms with van der Waals surface area (Å²) in [6.07, 6.45) is 1.19. The first-order valence-corrected chi connectivity index (χ1v) is 6.97. The highest BCUT2D eigenvalue weighted by Gasteiger charge is 2.13. The van der Waals surface area contributed by atoms with E-state index in [1.54, 1.807) is 0 Å². The van der Waals surface area contributed by atoms with Crippen LogP contribution < -0.4 is 5.43 Å². The molecule has 0 aliphatic carbocycles. The van der Waals surface area contributed by atoms with Gasteiger partial charge in [0.1, 0.15) is 0 Å². The van der Waals surface area contributed by atoms with Crippen molar-refractivity contribution in [3.05, 3.63) is 35.9 Å². The topological polar surface area (TPSA) is 18.5 Å². The van der Waals surface area contributed by atoms with Crippen LogP contribution in [0, 0.1) is 0 Å². The predicted molar refractivity (Wildman–Crippen MR) is 76.5 cm³/mol. The molecule has 0 saturated carbocycles. The van der Waals surface area contributed by atoms with Gasteiger partial charge in [0, 0.05) is 32.7 Å². The second-order valence-electron chi connectivity index (χ2n) is 5.30. The van der Waals surface area contributed by atoms with Gasteiger partial charge in [0.2, 0.25) is 0 Å². The molecule has 1 saturated heterocycles. The van der Waals surface area contributed by atoms with Gasteiger partial charge in [-0.2, -0.15) is 0 Å². The van der Waals surface area contributed by atoms with E-state index in [1.165, 1.54) is 25.1 Å². The molecule has 0 radical (unpaired) electrons. The Morgan fingerprint density at radius 3 is 2.44 bits per heavy atom. The van der Waals surface area contributed by atoms with Gasteiger partial charge in [-0.05, 0) is 24.9 Å². The van der Waals surface area contributed by atoms with Crippen LogP contribution in [0.4, 0.5) is 0 Å². The number of nitrogens with one attached hydrogen (secondary N) is 1. The average Bonchev–Trinajstić information content (AvgIpc) is 2.42. The van der Waals surface area contributed by atoms with Crippen LogP contribution in [0.3, 0.4) is 0 Å². The average molecular weight is 247 g/mol. The second kappa shape index (κ2) is 6.88. The van der Waals surface area contributed by atoms with E-state index in [-0.39, 0.29) is 0 Å². The van der Waals surface area contributed by atoms with Crippen molar-refractivity contribution in [2.45, 2.75) is 19.3 Å². The Labute approximate surface area is 111 Å². The monoisotopic (exact) mass is 247 g/mol. The van der Waals surface area contributed by atoms with Crippen LogP contribution in [-0.4, -0.2) is 49.7 Å². The maximum Gasteiger partial charge on any atom is 0.0259 e. The van der Waals surface area contributed by atoms with Gasteiger partial charge >= 0.3 is 0 Å². The first kappa shape index (κ1) is 13.5. The molecule has 18 heavy (non-hydrogen) atoms. The van der Waals surface area contributed by atoms with E-state index < -0.39 is 0 Å². The largest absolute Gasteiger partial charge is 0.304 e. The maximum absolute atomic E-state index is 3.55. The van der Waals surface area contributed by atoms with E-state index in [9.17, 15) is 0 Å². The molecule has 0 bridgehead atoms. The molecular weight excluding hydrogens is 222 g/mol. The summed E-state index contributed by atoms with van der Waals surface area (Å²) in [6.45, 7) is 7.98. The Hall–Kier alpha value is -0.900. The van der Waals surface area contributed by atoms with Gasteiger partial charge in [0.25, 0.3) is 0 Å². The minimum Gasteiger partial charge on any atom is -0.304 e. The van der Waals surface area contributed by atoms with Crippen molar-refractivity contribution in [2.24, 2.45) is 0 Å². The van der Waals surface area contributed by atoms with Crippen LogP contribution in [-0.2, 0) is 0 Å². The Bertz CT molecular complexity index is 331. The smallest absolute Gasteiger partial charge is 0.0259 e. The molecule has 0 amide bonds. The Kier molecular flexibility index (Phi) is 5.17. The third-order valence-electron chi connectivity index (χ3n) is 3.78. The van der Waals surface area contributed by atoms with Gasteiger partial charge in [-0.3, -0.25) is 5.43 Å². The maximum atomic E-state index is 3.55. The van der Waals surface area contributed by atoms with Crippen molar-refractivity contribution >= 4 is 0 Å². The van der Waals surface area contributed by atoms with Gasteiger partial charge < -0.3 is 4.90 Å². The van der Waals surface area contributed by atoms with Crippen LogP contribution >= 0.6 is 0 Å². The summed E-state index contributed by atoms with van der Waals surface area (Å²) >= 11 is 0. The molecule has 100 valence electrons. The standard InChI is InChI=1S/C15H25N3/c1-14(15-6-4-3-5-7-15)8-9-16-18-12-10-17(2)11-13-18/h3-7,14,16H,8-13H2,1-2H3. The van der Waals surface area contributed by atoms with Crippen LogP contribution in [0.25, 0.3) is 0 Å². The molecule has 1 fully saturated rings. The highest BCUT2D eigenvalue weighted by atomic mass is 15.5. The highest BCUT2D eigenvalue weighted by Crippen LogP contribution is 2.17. The van der Waals surface area contributed by atoms with Crippen molar-refractivity contribution in [3.63, 3.8) is 0 Å². The molecule has 1 aliphatic rings. The fourth-order valence-electron chi connectivity index (χ4n) is 2.35. The summed E-state index contributed by atoms with van der Waals surface area (Å²) in [5, 5.41) is 2.36.